The summed E-state index contributed by atoms with van der Waals surface area (Å²) in [6.07, 6.45) is 0.887. The normalized spacial score (nSPS) is 23.1. The van der Waals surface area contributed by atoms with Gasteiger partial charge in [0.15, 0.2) is 15.3 Å². The summed E-state index contributed by atoms with van der Waals surface area (Å²) in [5, 5.41) is -4.80. The summed E-state index contributed by atoms with van der Waals surface area (Å²) in [4.78, 5) is 25.3. The van der Waals surface area contributed by atoms with Gasteiger partial charge in [-0.2, -0.15) is 8.78 Å². The molecular formula is C32H34F2O7S2. The van der Waals surface area contributed by atoms with Gasteiger partial charge in [0, 0.05) is 26.2 Å². The van der Waals surface area contributed by atoms with Gasteiger partial charge in [0.2, 0.25) is 0 Å². The van der Waals surface area contributed by atoms with Gasteiger partial charge < -0.3 is 9.47 Å². The zero-order valence-corrected chi connectivity index (χ0v) is 25.1. The van der Waals surface area contributed by atoms with E-state index < -0.39 is 59.5 Å². The number of esters is 2. The van der Waals surface area contributed by atoms with Crippen molar-refractivity contribution in [3.8, 4) is 0 Å². The molecule has 5 rings (SSSR count). The molecule has 2 bridgehead atoms. The number of rotatable bonds is 10. The van der Waals surface area contributed by atoms with Gasteiger partial charge in [0.25, 0.3) is 0 Å². The third kappa shape index (κ3) is 5.12. The zero-order chi connectivity index (χ0) is 31.1. The number of hydrogen-bond acceptors (Lipinski definition) is 5. The fourth-order valence-electron chi connectivity index (χ4n) is 6.24. The number of benzene rings is 3. The molecule has 0 radical (unpaired) electrons. The first kappa shape index (κ1) is 31.1. The van der Waals surface area contributed by atoms with Crippen LogP contribution >= 0.6 is 9.06 Å². The third-order valence-corrected chi connectivity index (χ3v) is 18.2. The Morgan fingerprint density at radius 1 is 0.884 bits per heavy atom. The summed E-state index contributed by atoms with van der Waals surface area (Å²) in [7, 11) is -11.2. The van der Waals surface area contributed by atoms with Gasteiger partial charge in [-0.05, 0) is 68.5 Å². The Hall–Kier alpha value is -3.38. The first-order chi connectivity index (χ1) is 20.3. The lowest BCUT2D eigenvalue weighted by Gasteiger charge is -2.56. The molecule has 2 aliphatic rings. The van der Waals surface area contributed by atoms with Crippen molar-refractivity contribution in [1.82, 2.24) is 0 Å². The van der Waals surface area contributed by atoms with E-state index in [1.54, 1.807) is 18.2 Å². The van der Waals surface area contributed by atoms with E-state index in [-0.39, 0.29) is 26.2 Å². The average molecular weight is 633 g/mol. The molecule has 4 unspecified atom stereocenters. The van der Waals surface area contributed by atoms with E-state index in [2.05, 4.69) is 6.58 Å². The summed E-state index contributed by atoms with van der Waals surface area (Å²) in [5.74, 6) is -2.81. The van der Waals surface area contributed by atoms with Crippen molar-refractivity contribution < 1.29 is 41.2 Å². The standard InChI is InChI=1S/C32H34F2O7S2/c1-22(2)30(35)41-29-20-23-18-27(29)28(19-23)31(36)40-21-32(33,34)43(37,38,39)42(24-12-6-3-7-13-24,25-14-8-4-9-15-25)26-16-10-5-11-17-26/h3-17,23,27-29H,1,18-21H2,2H3,(H2,37,38,39). The van der Waals surface area contributed by atoms with Crippen LogP contribution in [0.15, 0.2) is 118 Å². The molecule has 7 nitrogen and oxygen atoms in total. The molecule has 0 aromatic heterocycles. The van der Waals surface area contributed by atoms with Crippen molar-refractivity contribution in [2.75, 3.05) is 6.61 Å². The van der Waals surface area contributed by atoms with Crippen molar-refractivity contribution in [2.24, 2.45) is 17.8 Å². The maximum Gasteiger partial charge on any atom is 0.383 e. The highest BCUT2D eigenvalue weighted by atomic mass is 33.2. The number of carbonyl (C=O) groups is 2. The van der Waals surface area contributed by atoms with E-state index >= 15 is 8.78 Å². The largest absolute Gasteiger partial charge is 0.459 e. The van der Waals surface area contributed by atoms with Gasteiger partial charge in [0.05, 0.1) is 5.92 Å². The van der Waals surface area contributed by atoms with E-state index in [4.69, 9.17) is 9.47 Å². The Morgan fingerprint density at radius 3 is 1.77 bits per heavy atom. The first-order valence-electron chi connectivity index (χ1n) is 13.8. The van der Waals surface area contributed by atoms with E-state index in [1.165, 1.54) is 79.7 Å². The monoisotopic (exact) mass is 632 g/mol. The minimum atomic E-state index is -7.13. The van der Waals surface area contributed by atoms with Crippen molar-refractivity contribution in [2.45, 2.75) is 52.2 Å². The maximum atomic E-state index is 16.4. The lowest BCUT2D eigenvalue weighted by molar-refractivity contribution is -0.162. The van der Waals surface area contributed by atoms with E-state index in [0.717, 1.165) is 0 Å². The lowest BCUT2D eigenvalue weighted by Crippen LogP contribution is -2.55. The van der Waals surface area contributed by atoms with Crippen LogP contribution in [-0.2, 0) is 27.7 Å². The molecule has 3 aromatic rings. The Morgan fingerprint density at radius 2 is 1.35 bits per heavy atom. The Kier molecular flexibility index (Phi) is 8.14. The molecule has 2 N–H and O–H groups in total. The molecule has 11 heteroatoms. The van der Waals surface area contributed by atoms with Crippen molar-refractivity contribution >= 4 is 29.7 Å². The SMILES string of the molecule is C=C(C)C(=O)OC1CC2CC(C(=O)OCC(F)(F)S(=O)(O)(O)S(c3ccccc3)(c3ccccc3)c3ccccc3)C1C2. The van der Waals surface area contributed by atoms with E-state index in [0.29, 0.717) is 19.3 Å². The summed E-state index contributed by atoms with van der Waals surface area (Å²) in [6.45, 7) is 3.24. The predicted molar refractivity (Wildman–Crippen MR) is 160 cm³/mol. The van der Waals surface area contributed by atoms with Gasteiger partial charge in [0.1, 0.15) is 6.10 Å². The molecule has 0 spiro atoms. The van der Waals surface area contributed by atoms with Crippen LogP contribution in [0.25, 0.3) is 0 Å². The zero-order valence-electron chi connectivity index (χ0n) is 23.5. The van der Waals surface area contributed by atoms with Gasteiger partial charge >= 0.3 is 17.2 Å². The van der Waals surface area contributed by atoms with E-state index in [9.17, 15) is 22.9 Å². The Bertz CT molecular complexity index is 1480. The second-order valence-electron chi connectivity index (χ2n) is 11.1. The summed E-state index contributed by atoms with van der Waals surface area (Å²) in [6, 6.07) is 22.7. The fourth-order valence-corrected chi connectivity index (χ4v) is 15.7. The fraction of sp³-hybridized carbons (Fsp3) is 0.312. The van der Waals surface area contributed by atoms with Crippen LogP contribution in [0.4, 0.5) is 8.78 Å². The molecule has 4 atom stereocenters. The number of alkyl halides is 2. The lowest BCUT2D eigenvalue weighted by atomic mass is 9.86. The molecule has 2 saturated carbocycles. The smallest absolute Gasteiger partial charge is 0.383 e. The van der Waals surface area contributed by atoms with E-state index in [1.807, 2.05) is 0 Å². The molecule has 0 heterocycles. The third-order valence-electron chi connectivity index (χ3n) is 8.23. The van der Waals surface area contributed by atoms with Crippen molar-refractivity contribution in [3.05, 3.63) is 103 Å². The number of halogens is 2. The molecule has 230 valence electrons. The van der Waals surface area contributed by atoms with Crippen LogP contribution in [0.5, 0.6) is 0 Å². The van der Waals surface area contributed by atoms with Crippen LogP contribution in [0.2, 0.25) is 0 Å². The second kappa shape index (κ2) is 11.3. The van der Waals surface area contributed by atoms with Gasteiger partial charge in [-0.25, -0.2) is 9.00 Å². The summed E-state index contributed by atoms with van der Waals surface area (Å²) < 4.78 is 81.6. The number of carbonyl (C=O) groups excluding carboxylic acids is 2. The number of ether oxygens (including phenoxy) is 2. The van der Waals surface area contributed by atoms with Crippen LogP contribution in [-0.4, -0.2) is 43.2 Å². The van der Waals surface area contributed by atoms with Gasteiger partial charge in [-0.15, -0.1) is 0 Å². The molecule has 0 aliphatic heterocycles. The Labute approximate surface area is 250 Å². The molecule has 2 fully saturated rings. The van der Waals surface area contributed by atoms with Gasteiger partial charge in [-0.1, -0.05) is 70.2 Å². The first-order valence-corrected chi connectivity index (χ1v) is 17.9. The predicted octanol–water partition coefficient (Wildman–Crippen LogP) is 7.32. The van der Waals surface area contributed by atoms with Crippen molar-refractivity contribution in [3.63, 3.8) is 0 Å². The quantitative estimate of drug-likeness (QED) is 0.137. The second-order valence-corrected chi connectivity index (χ2v) is 19.1. The van der Waals surface area contributed by atoms with Crippen LogP contribution in [0.3, 0.4) is 0 Å². The molecule has 0 amide bonds. The van der Waals surface area contributed by atoms with Gasteiger partial charge in [-0.3, -0.25) is 13.9 Å². The number of hydrogen-bond donors (Lipinski definition) is 2. The highest BCUT2D eigenvalue weighted by molar-refractivity contribution is 8.97. The average Bonchev–Trinajstić information content (AvgIpc) is 3.58. The summed E-state index contributed by atoms with van der Waals surface area (Å²) >= 11 is 0. The molecule has 3 aromatic carbocycles. The topological polar surface area (TPSA) is 110 Å². The maximum absolute atomic E-state index is 16.4. The Balaban J connectivity index is 1.51. The minimum absolute atomic E-state index is 0.0238. The molecular weight excluding hydrogens is 598 g/mol. The minimum Gasteiger partial charge on any atom is -0.459 e. The molecule has 2 aliphatic carbocycles. The molecule has 43 heavy (non-hydrogen) atoms. The van der Waals surface area contributed by atoms with Crippen LogP contribution in [0.1, 0.15) is 26.2 Å². The van der Waals surface area contributed by atoms with Crippen molar-refractivity contribution in [1.29, 1.82) is 0 Å². The number of fused-ring (bicyclic) bond motifs is 2. The molecule has 0 saturated heterocycles. The van der Waals surface area contributed by atoms with Crippen LogP contribution < -0.4 is 0 Å². The highest BCUT2D eigenvalue weighted by Gasteiger charge is 2.69. The summed E-state index contributed by atoms with van der Waals surface area (Å²) in [5.41, 5.74) is 0.203. The van der Waals surface area contributed by atoms with Crippen LogP contribution in [0, 0.1) is 17.8 Å². The highest BCUT2D eigenvalue weighted by Crippen LogP contribution is 2.82.